The minimum Gasteiger partial charge on any atom is -0.383 e. The fourth-order valence-electron chi connectivity index (χ4n) is 2.61. The SMILES string of the molecule is COCCN(C(CN)c1cc(Br)cs1)C(C)C1CC1. The number of hydrogen-bond donors (Lipinski definition) is 1. The Morgan fingerprint density at radius 1 is 1.58 bits per heavy atom. The molecule has 0 aliphatic heterocycles. The molecule has 0 spiro atoms. The van der Waals surface area contributed by atoms with Crippen molar-refractivity contribution >= 4 is 27.3 Å². The Balaban J connectivity index is 2.13. The summed E-state index contributed by atoms with van der Waals surface area (Å²) in [7, 11) is 1.76. The van der Waals surface area contributed by atoms with Crippen LogP contribution < -0.4 is 5.73 Å². The maximum absolute atomic E-state index is 6.05. The van der Waals surface area contributed by atoms with Gasteiger partial charge in [0.15, 0.2) is 0 Å². The maximum atomic E-state index is 6.05. The number of halogens is 1. The predicted octanol–water partition coefficient (Wildman–Crippen LogP) is 3.26. The molecule has 108 valence electrons. The van der Waals surface area contributed by atoms with Crippen LogP contribution in [-0.2, 0) is 4.74 Å². The number of hydrogen-bond acceptors (Lipinski definition) is 4. The number of ether oxygens (including phenoxy) is 1. The van der Waals surface area contributed by atoms with E-state index in [1.807, 2.05) is 0 Å². The average Bonchev–Trinajstić information content (AvgIpc) is 3.17. The molecule has 0 saturated heterocycles. The lowest BCUT2D eigenvalue weighted by Gasteiger charge is -2.35. The Hall–Kier alpha value is 0.0600. The van der Waals surface area contributed by atoms with E-state index in [9.17, 15) is 0 Å². The molecule has 1 heterocycles. The predicted molar refractivity (Wildman–Crippen MR) is 84.6 cm³/mol. The first-order valence-electron chi connectivity index (χ1n) is 6.86. The zero-order chi connectivity index (χ0) is 13.8. The molecule has 5 heteroatoms. The van der Waals surface area contributed by atoms with Gasteiger partial charge in [-0.25, -0.2) is 0 Å². The van der Waals surface area contributed by atoms with Crippen LogP contribution in [0.4, 0.5) is 0 Å². The number of rotatable bonds is 8. The third-order valence-corrected chi connectivity index (χ3v) is 5.72. The summed E-state index contributed by atoms with van der Waals surface area (Å²) >= 11 is 5.32. The molecule has 19 heavy (non-hydrogen) atoms. The monoisotopic (exact) mass is 346 g/mol. The van der Waals surface area contributed by atoms with Gasteiger partial charge in [-0.3, -0.25) is 4.90 Å². The molecule has 0 radical (unpaired) electrons. The molecule has 1 aromatic heterocycles. The Bertz CT molecular complexity index is 395. The fourth-order valence-corrected chi connectivity index (χ4v) is 4.19. The van der Waals surface area contributed by atoms with E-state index >= 15 is 0 Å². The van der Waals surface area contributed by atoms with Crippen molar-refractivity contribution in [3.63, 3.8) is 0 Å². The molecular formula is C14H23BrN2OS. The standard InChI is InChI=1S/C14H23BrN2OS/c1-10(11-3-4-11)17(5-6-18-2)13(8-16)14-7-12(15)9-19-14/h7,9-11,13H,3-6,8,16H2,1-2H3. The summed E-state index contributed by atoms with van der Waals surface area (Å²) in [5.74, 6) is 0.842. The highest BCUT2D eigenvalue weighted by Crippen LogP contribution is 2.39. The zero-order valence-corrected chi connectivity index (χ0v) is 14.0. The zero-order valence-electron chi connectivity index (χ0n) is 11.6. The van der Waals surface area contributed by atoms with Crippen molar-refractivity contribution in [2.45, 2.75) is 31.8 Å². The van der Waals surface area contributed by atoms with Gasteiger partial charge < -0.3 is 10.5 Å². The van der Waals surface area contributed by atoms with Crippen LogP contribution in [0.25, 0.3) is 0 Å². The van der Waals surface area contributed by atoms with Crippen molar-refractivity contribution < 1.29 is 4.74 Å². The van der Waals surface area contributed by atoms with Gasteiger partial charge in [0.2, 0.25) is 0 Å². The van der Waals surface area contributed by atoms with Gasteiger partial charge >= 0.3 is 0 Å². The molecule has 1 aromatic rings. The highest BCUT2D eigenvalue weighted by atomic mass is 79.9. The second-order valence-electron chi connectivity index (χ2n) is 5.23. The molecule has 1 aliphatic carbocycles. The largest absolute Gasteiger partial charge is 0.383 e. The van der Waals surface area contributed by atoms with E-state index in [1.165, 1.54) is 17.7 Å². The van der Waals surface area contributed by atoms with Gasteiger partial charge in [0.1, 0.15) is 0 Å². The molecule has 2 atom stereocenters. The normalized spacial score (nSPS) is 18.8. The van der Waals surface area contributed by atoms with E-state index in [1.54, 1.807) is 18.4 Å². The van der Waals surface area contributed by atoms with Crippen molar-refractivity contribution in [3.8, 4) is 0 Å². The summed E-state index contributed by atoms with van der Waals surface area (Å²) in [6, 6.07) is 3.09. The van der Waals surface area contributed by atoms with E-state index < -0.39 is 0 Å². The molecular weight excluding hydrogens is 324 g/mol. The van der Waals surface area contributed by atoms with Crippen LogP contribution in [-0.4, -0.2) is 37.7 Å². The van der Waals surface area contributed by atoms with Crippen LogP contribution in [0.2, 0.25) is 0 Å². The van der Waals surface area contributed by atoms with Crippen LogP contribution in [0.1, 0.15) is 30.7 Å². The van der Waals surface area contributed by atoms with E-state index in [2.05, 4.69) is 39.2 Å². The topological polar surface area (TPSA) is 38.5 Å². The third kappa shape index (κ3) is 4.02. The summed E-state index contributed by atoms with van der Waals surface area (Å²) in [6.45, 7) is 4.71. The van der Waals surface area contributed by atoms with E-state index in [4.69, 9.17) is 10.5 Å². The molecule has 0 aromatic carbocycles. The molecule has 1 fully saturated rings. The number of methoxy groups -OCH3 is 1. The molecule has 2 rings (SSSR count). The van der Waals surface area contributed by atoms with Crippen molar-refractivity contribution in [1.29, 1.82) is 0 Å². The average molecular weight is 347 g/mol. The third-order valence-electron chi connectivity index (χ3n) is 3.92. The Labute approximate surface area is 128 Å². The first-order valence-corrected chi connectivity index (χ1v) is 8.53. The van der Waals surface area contributed by atoms with E-state index in [0.29, 0.717) is 18.6 Å². The number of thiophene rings is 1. The van der Waals surface area contributed by atoms with Gasteiger partial charge in [-0.1, -0.05) is 0 Å². The van der Waals surface area contributed by atoms with Crippen LogP contribution in [0.15, 0.2) is 15.9 Å². The van der Waals surface area contributed by atoms with Gasteiger partial charge in [-0.2, -0.15) is 0 Å². The lowest BCUT2D eigenvalue weighted by molar-refractivity contribution is 0.0847. The highest BCUT2D eigenvalue weighted by Gasteiger charge is 2.35. The number of nitrogens with two attached hydrogens (primary N) is 1. The maximum Gasteiger partial charge on any atom is 0.0590 e. The van der Waals surface area contributed by atoms with Crippen molar-refractivity contribution in [1.82, 2.24) is 4.90 Å². The summed E-state index contributed by atoms with van der Waals surface area (Å²) < 4.78 is 6.42. The quantitative estimate of drug-likeness (QED) is 0.785. The fraction of sp³-hybridized carbons (Fsp3) is 0.714. The number of nitrogens with zero attached hydrogens (tertiary/aromatic N) is 1. The summed E-state index contributed by atoms with van der Waals surface area (Å²) in [4.78, 5) is 3.87. The van der Waals surface area contributed by atoms with Crippen LogP contribution in [0, 0.1) is 5.92 Å². The van der Waals surface area contributed by atoms with Gasteiger partial charge in [0.25, 0.3) is 0 Å². The van der Waals surface area contributed by atoms with Crippen molar-refractivity contribution in [2.24, 2.45) is 11.7 Å². The smallest absolute Gasteiger partial charge is 0.0590 e. The van der Waals surface area contributed by atoms with Gasteiger partial charge in [0, 0.05) is 41.0 Å². The lowest BCUT2D eigenvalue weighted by Crippen LogP contribution is -2.42. The van der Waals surface area contributed by atoms with Crippen molar-refractivity contribution in [2.75, 3.05) is 26.8 Å². The molecule has 0 bridgehead atoms. The first kappa shape index (κ1) is 15.4. The Morgan fingerprint density at radius 3 is 2.79 bits per heavy atom. The Morgan fingerprint density at radius 2 is 2.32 bits per heavy atom. The van der Waals surface area contributed by atoms with Gasteiger partial charge in [0.05, 0.1) is 12.6 Å². The Kier molecular flexibility index (Phi) is 5.84. The highest BCUT2D eigenvalue weighted by molar-refractivity contribution is 9.10. The van der Waals surface area contributed by atoms with E-state index in [0.717, 1.165) is 23.5 Å². The second kappa shape index (κ2) is 7.18. The van der Waals surface area contributed by atoms with Crippen LogP contribution in [0.3, 0.4) is 0 Å². The molecule has 1 saturated carbocycles. The first-order chi connectivity index (χ1) is 9.17. The van der Waals surface area contributed by atoms with Crippen LogP contribution >= 0.6 is 27.3 Å². The summed E-state index contributed by atoms with van der Waals surface area (Å²) in [5, 5.41) is 2.13. The van der Waals surface area contributed by atoms with Gasteiger partial charge in [-0.15, -0.1) is 11.3 Å². The minimum atomic E-state index is 0.307. The molecule has 1 aliphatic rings. The molecule has 0 amide bonds. The van der Waals surface area contributed by atoms with E-state index in [-0.39, 0.29) is 0 Å². The second-order valence-corrected chi connectivity index (χ2v) is 7.09. The summed E-state index contributed by atoms with van der Waals surface area (Å²) in [6.07, 6.45) is 2.71. The molecule has 3 nitrogen and oxygen atoms in total. The van der Waals surface area contributed by atoms with Gasteiger partial charge in [-0.05, 0) is 47.7 Å². The minimum absolute atomic E-state index is 0.307. The summed E-state index contributed by atoms with van der Waals surface area (Å²) in [5.41, 5.74) is 6.05. The van der Waals surface area contributed by atoms with Crippen LogP contribution in [0.5, 0.6) is 0 Å². The molecule has 2 N–H and O–H groups in total. The van der Waals surface area contributed by atoms with Crippen molar-refractivity contribution in [3.05, 3.63) is 20.8 Å². The molecule has 2 unspecified atom stereocenters. The lowest BCUT2D eigenvalue weighted by atomic mass is 10.1.